The van der Waals surface area contributed by atoms with Crippen LogP contribution in [0, 0.1) is 5.82 Å². The molecule has 1 aromatic carbocycles. The van der Waals surface area contributed by atoms with E-state index in [0.717, 1.165) is 31.9 Å². The van der Waals surface area contributed by atoms with Crippen molar-refractivity contribution in [2.75, 3.05) is 63.9 Å². The molecule has 1 unspecified atom stereocenters. The Hall–Kier alpha value is -2.35. The van der Waals surface area contributed by atoms with Crippen LogP contribution in [-0.4, -0.2) is 91.7 Å². The minimum absolute atomic E-state index is 0.110. The van der Waals surface area contributed by atoms with E-state index >= 15 is 0 Å². The van der Waals surface area contributed by atoms with Crippen LogP contribution in [0.5, 0.6) is 0 Å². The van der Waals surface area contributed by atoms with Gasteiger partial charge in [0.25, 0.3) is 0 Å². The highest BCUT2D eigenvalue weighted by Gasteiger charge is 2.31. The van der Waals surface area contributed by atoms with Crippen LogP contribution in [0.3, 0.4) is 0 Å². The van der Waals surface area contributed by atoms with Crippen molar-refractivity contribution in [1.29, 1.82) is 0 Å². The summed E-state index contributed by atoms with van der Waals surface area (Å²) in [5, 5.41) is 0. The van der Waals surface area contributed by atoms with Gasteiger partial charge in [0.2, 0.25) is 5.91 Å². The summed E-state index contributed by atoms with van der Waals surface area (Å²) in [6, 6.07) is 6.35. The summed E-state index contributed by atoms with van der Waals surface area (Å²) < 4.78 is 18.1. The molecule has 0 saturated carbocycles. The van der Waals surface area contributed by atoms with Gasteiger partial charge in [-0.2, -0.15) is 0 Å². The molecule has 2 aliphatic heterocycles. The van der Waals surface area contributed by atoms with E-state index in [1.165, 1.54) is 12.1 Å². The fraction of sp³-hybridized carbons (Fsp3) is 0.600. The van der Waals surface area contributed by atoms with Crippen LogP contribution < -0.4 is 4.90 Å². The SMILES string of the molecule is CCOC(=O)N1CCN(C(=O)C(C)N2CCN(c3ccc(F)cc3)CC2)CC1. The van der Waals surface area contributed by atoms with E-state index in [4.69, 9.17) is 4.74 Å². The van der Waals surface area contributed by atoms with Crippen molar-refractivity contribution in [3.63, 3.8) is 0 Å². The molecule has 0 radical (unpaired) electrons. The van der Waals surface area contributed by atoms with Gasteiger partial charge in [-0.25, -0.2) is 9.18 Å². The number of piperazine rings is 2. The highest BCUT2D eigenvalue weighted by atomic mass is 19.1. The van der Waals surface area contributed by atoms with Crippen LogP contribution in [0.15, 0.2) is 24.3 Å². The second-order valence-electron chi connectivity index (χ2n) is 7.19. The largest absolute Gasteiger partial charge is 0.450 e. The topological polar surface area (TPSA) is 56.3 Å². The Morgan fingerprint density at radius 3 is 2.11 bits per heavy atom. The molecule has 154 valence electrons. The molecule has 2 amide bonds. The zero-order valence-electron chi connectivity index (χ0n) is 16.6. The normalized spacial score (nSPS) is 19.5. The van der Waals surface area contributed by atoms with E-state index in [-0.39, 0.29) is 23.9 Å². The van der Waals surface area contributed by atoms with Gasteiger partial charge in [0, 0.05) is 58.0 Å². The number of halogens is 1. The van der Waals surface area contributed by atoms with Gasteiger partial charge in [0.05, 0.1) is 12.6 Å². The first kappa shape index (κ1) is 20.4. The van der Waals surface area contributed by atoms with Crippen molar-refractivity contribution < 1.29 is 18.7 Å². The Labute approximate surface area is 165 Å². The van der Waals surface area contributed by atoms with Crippen molar-refractivity contribution in [3.8, 4) is 0 Å². The predicted octanol–water partition coefficient (Wildman–Crippen LogP) is 1.64. The maximum absolute atomic E-state index is 13.1. The van der Waals surface area contributed by atoms with Crippen molar-refractivity contribution in [1.82, 2.24) is 14.7 Å². The number of ether oxygens (including phenoxy) is 1. The standard InChI is InChI=1S/C20H29FN4O3/c1-3-28-20(27)25-14-12-24(13-15-25)19(26)16(2)22-8-10-23(11-9-22)18-6-4-17(21)5-7-18/h4-7,16H,3,8-15H2,1-2H3. The smallest absolute Gasteiger partial charge is 0.409 e. The summed E-state index contributed by atoms with van der Waals surface area (Å²) in [6.07, 6.45) is -0.306. The first-order chi connectivity index (χ1) is 13.5. The lowest BCUT2D eigenvalue weighted by Crippen LogP contribution is -2.58. The number of amides is 2. The summed E-state index contributed by atoms with van der Waals surface area (Å²) >= 11 is 0. The second kappa shape index (κ2) is 9.23. The third-order valence-corrected chi connectivity index (χ3v) is 5.53. The van der Waals surface area contributed by atoms with Crippen LogP contribution >= 0.6 is 0 Å². The van der Waals surface area contributed by atoms with Crippen molar-refractivity contribution in [2.45, 2.75) is 19.9 Å². The summed E-state index contributed by atoms with van der Waals surface area (Å²) in [6.45, 7) is 9.38. The molecule has 2 saturated heterocycles. The average molecular weight is 392 g/mol. The number of carbonyl (C=O) groups is 2. The molecule has 7 nitrogen and oxygen atoms in total. The van der Waals surface area contributed by atoms with E-state index in [1.54, 1.807) is 24.0 Å². The Bertz CT molecular complexity index is 669. The van der Waals surface area contributed by atoms with Crippen LogP contribution in [0.2, 0.25) is 0 Å². The predicted molar refractivity (Wildman–Crippen MR) is 105 cm³/mol. The number of carbonyl (C=O) groups excluding carboxylic acids is 2. The first-order valence-electron chi connectivity index (χ1n) is 9.94. The van der Waals surface area contributed by atoms with E-state index in [1.807, 2.05) is 11.8 Å². The molecular weight excluding hydrogens is 363 g/mol. The fourth-order valence-corrected chi connectivity index (χ4v) is 3.76. The molecule has 1 atom stereocenters. The van der Waals surface area contributed by atoms with Crippen molar-refractivity contribution in [2.24, 2.45) is 0 Å². The van der Waals surface area contributed by atoms with Crippen LogP contribution in [-0.2, 0) is 9.53 Å². The van der Waals surface area contributed by atoms with Gasteiger partial charge in [-0.3, -0.25) is 9.69 Å². The third kappa shape index (κ3) is 4.73. The second-order valence-corrected chi connectivity index (χ2v) is 7.19. The van der Waals surface area contributed by atoms with Gasteiger partial charge < -0.3 is 19.4 Å². The van der Waals surface area contributed by atoms with Gasteiger partial charge in [-0.15, -0.1) is 0 Å². The minimum atomic E-state index is -0.306. The molecule has 0 spiro atoms. The lowest BCUT2D eigenvalue weighted by molar-refractivity contribution is -0.138. The average Bonchev–Trinajstić information content (AvgIpc) is 2.74. The number of nitrogens with zero attached hydrogens (tertiary/aromatic N) is 4. The van der Waals surface area contributed by atoms with Crippen LogP contribution in [0.4, 0.5) is 14.9 Å². The molecule has 28 heavy (non-hydrogen) atoms. The third-order valence-electron chi connectivity index (χ3n) is 5.53. The summed E-state index contributed by atoms with van der Waals surface area (Å²) in [5.74, 6) is -0.122. The molecule has 2 fully saturated rings. The van der Waals surface area contributed by atoms with Gasteiger partial charge >= 0.3 is 6.09 Å². The number of rotatable bonds is 4. The molecule has 0 aliphatic carbocycles. The number of hydrogen-bond donors (Lipinski definition) is 0. The van der Waals surface area contributed by atoms with Crippen LogP contribution in [0.25, 0.3) is 0 Å². The van der Waals surface area contributed by atoms with E-state index in [9.17, 15) is 14.0 Å². The highest BCUT2D eigenvalue weighted by molar-refractivity contribution is 5.82. The van der Waals surface area contributed by atoms with E-state index in [2.05, 4.69) is 9.80 Å². The maximum atomic E-state index is 13.1. The van der Waals surface area contributed by atoms with Crippen LogP contribution in [0.1, 0.15) is 13.8 Å². The van der Waals surface area contributed by atoms with Gasteiger partial charge in [-0.1, -0.05) is 0 Å². The number of benzene rings is 1. The van der Waals surface area contributed by atoms with E-state index in [0.29, 0.717) is 32.8 Å². The highest BCUT2D eigenvalue weighted by Crippen LogP contribution is 2.18. The number of anilines is 1. The van der Waals surface area contributed by atoms with Gasteiger partial charge in [0.1, 0.15) is 5.82 Å². The Morgan fingerprint density at radius 1 is 0.964 bits per heavy atom. The molecule has 0 N–H and O–H groups in total. The molecule has 0 bridgehead atoms. The minimum Gasteiger partial charge on any atom is -0.450 e. The fourth-order valence-electron chi connectivity index (χ4n) is 3.76. The van der Waals surface area contributed by atoms with Gasteiger partial charge in [-0.05, 0) is 38.1 Å². The molecule has 3 rings (SSSR count). The number of hydrogen-bond acceptors (Lipinski definition) is 5. The lowest BCUT2D eigenvalue weighted by Gasteiger charge is -2.41. The summed E-state index contributed by atoms with van der Waals surface area (Å²) in [7, 11) is 0. The first-order valence-corrected chi connectivity index (χ1v) is 9.94. The molecular formula is C20H29FN4O3. The molecule has 2 aliphatic rings. The Kier molecular flexibility index (Phi) is 6.72. The molecule has 0 aromatic heterocycles. The van der Waals surface area contributed by atoms with Gasteiger partial charge in [0.15, 0.2) is 0 Å². The quantitative estimate of drug-likeness (QED) is 0.780. The zero-order valence-corrected chi connectivity index (χ0v) is 16.6. The Balaban J connectivity index is 1.47. The molecule has 8 heteroatoms. The zero-order chi connectivity index (χ0) is 20.1. The van der Waals surface area contributed by atoms with Crippen molar-refractivity contribution in [3.05, 3.63) is 30.1 Å². The van der Waals surface area contributed by atoms with Crippen molar-refractivity contribution >= 4 is 17.7 Å². The summed E-state index contributed by atoms with van der Waals surface area (Å²) in [5.41, 5.74) is 1.01. The maximum Gasteiger partial charge on any atom is 0.409 e. The Morgan fingerprint density at radius 2 is 1.54 bits per heavy atom. The van der Waals surface area contributed by atoms with E-state index < -0.39 is 0 Å². The lowest BCUT2D eigenvalue weighted by atomic mass is 10.1. The molecule has 1 aromatic rings. The molecule has 2 heterocycles. The summed E-state index contributed by atoms with van der Waals surface area (Å²) in [4.78, 5) is 32.6. The monoisotopic (exact) mass is 392 g/mol.